The van der Waals surface area contributed by atoms with Crippen molar-refractivity contribution in [2.45, 2.75) is 47.1 Å². The fourth-order valence-electron chi connectivity index (χ4n) is 2.66. The number of hydrogen-bond acceptors (Lipinski definition) is 6. The van der Waals surface area contributed by atoms with Crippen LogP contribution in [0.2, 0.25) is 0 Å². The molecule has 0 aliphatic carbocycles. The topological polar surface area (TPSA) is 127 Å². The van der Waals surface area contributed by atoms with Gasteiger partial charge in [-0.1, -0.05) is 27.2 Å². The number of carbonyl (C=O) groups excluding carboxylic acids is 1. The summed E-state index contributed by atoms with van der Waals surface area (Å²) in [5, 5.41) is 0. The lowest BCUT2D eigenvalue weighted by Crippen LogP contribution is -2.42. The first-order valence-corrected chi connectivity index (χ1v) is 8.99. The van der Waals surface area contributed by atoms with Crippen LogP contribution < -0.4 is 21.9 Å². The number of hydrogen-bond donors (Lipinski definition) is 2. The molecule has 27 heavy (non-hydrogen) atoms. The molecule has 3 N–H and O–H groups in total. The number of amides is 1. The minimum atomic E-state index is -0.693. The molecule has 1 amide bonds. The third-order valence-corrected chi connectivity index (χ3v) is 4.01. The van der Waals surface area contributed by atoms with Gasteiger partial charge in [-0.15, -0.1) is 0 Å². The van der Waals surface area contributed by atoms with Gasteiger partial charge in [-0.3, -0.25) is 29.0 Å². The zero-order valence-electron chi connectivity index (χ0n) is 16.2. The van der Waals surface area contributed by atoms with Crippen LogP contribution in [0, 0.1) is 12.8 Å². The van der Waals surface area contributed by atoms with Crippen molar-refractivity contribution in [2.75, 3.05) is 17.2 Å². The lowest BCUT2D eigenvalue weighted by Gasteiger charge is -2.24. The molecular formula is C18H26N6O3. The quantitative estimate of drug-likeness (QED) is 0.752. The second-order valence-corrected chi connectivity index (χ2v) is 6.85. The third-order valence-electron chi connectivity index (χ3n) is 4.01. The summed E-state index contributed by atoms with van der Waals surface area (Å²) in [5.74, 6) is -0.378. The van der Waals surface area contributed by atoms with Crippen molar-refractivity contribution in [1.29, 1.82) is 0 Å². The summed E-state index contributed by atoms with van der Waals surface area (Å²) in [4.78, 5) is 49.4. The molecule has 0 aliphatic heterocycles. The summed E-state index contributed by atoms with van der Waals surface area (Å²) >= 11 is 0. The molecular weight excluding hydrogens is 348 g/mol. The largest absolute Gasteiger partial charge is 0.383 e. The van der Waals surface area contributed by atoms with Crippen LogP contribution in [-0.2, 0) is 6.54 Å². The molecule has 0 saturated heterocycles. The van der Waals surface area contributed by atoms with Gasteiger partial charge in [0, 0.05) is 19.3 Å². The van der Waals surface area contributed by atoms with Gasteiger partial charge in [-0.05, 0) is 19.3 Å². The molecule has 0 aromatic carbocycles. The van der Waals surface area contributed by atoms with Crippen molar-refractivity contribution >= 4 is 17.4 Å². The van der Waals surface area contributed by atoms with Gasteiger partial charge in [0.05, 0.1) is 11.9 Å². The molecule has 0 aliphatic rings. The Hall–Kier alpha value is -2.97. The highest BCUT2D eigenvalue weighted by Crippen LogP contribution is 2.20. The molecule has 9 heteroatoms. The number of carbonyl (C=O) groups is 1. The average Bonchev–Trinajstić information content (AvgIpc) is 2.61. The first-order valence-electron chi connectivity index (χ1n) is 8.99. The van der Waals surface area contributed by atoms with Crippen LogP contribution in [0.1, 0.15) is 49.8 Å². The Balaban J connectivity index is 2.59. The van der Waals surface area contributed by atoms with Gasteiger partial charge in [0.2, 0.25) is 0 Å². The van der Waals surface area contributed by atoms with E-state index in [1.807, 2.05) is 20.8 Å². The second kappa shape index (κ2) is 8.61. The van der Waals surface area contributed by atoms with E-state index in [9.17, 15) is 14.4 Å². The van der Waals surface area contributed by atoms with E-state index >= 15 is 0 Å². The number of nitrogens with two attached hydrogens (primary N) is 1. The number of H-pyrrole nitrogens is 1. The van der Waals surface area contributed by atoms with Crippen LogP contribution >= 0.6 is 0 Å². The molecule has 0 unspecified atom stereocenters. The number of unbranched alkanes of at least 4 members (excludes halogenated alkanes) is 1. The molecule has 0 radical (unpaired) electrons. The summed E-state index contributed by atoms with van der Waals surface area (Å²) < 4.78 is 1.29. The number of aromatic nitrogens is 4. The number of aryl methyl sites for hydroxylation is 1. The minimum Gasteiger partial charge on any atom is -0.383 e. The van der Waals surface area contributed by atoms with Gasteiger partial charge < -0.3 is 5.73 Å². The molecule has 146 valence electrons. The lowest BCUT2D eigenvalue weighted by molar-refractivity contribution is 0.0981. The lowest BCUT2D eigenvalue weighted by atomic mass is 10.2. The molecule has 0 fully saturated rings. The van der Waals surface area contributed by atoms with E-state index in [1.165, 1.54) is 21.9 Å². The van der Waals surface area contributed by atoms with E-state index in [1.54, 1.807) is 6.92 Å². The van der Waals surface area contributed by atoms with Gasteiger partial charge in [0.15, 0.2) is 5.69 Å². The molecule has 2 rings (SSSR count). The van der Waals surface area contributed by atoms with E-state index in [-0.39, 0.29) is 29.7 Å². The predicted octanol–water partition coefficient (Wildman–Crippen LogP) is 1.32. The van der Waals surface area contributed by atoms with E-state index in [0.717, 1.165) is 6.42 Å². The third kappa shape index (κ3) is 4.60. The summed E-state index contributed by atoms with van der Waals surface area (Å²) in [5.41, 5.74) is 5.63. The zero-order chi connectivity index (χ0) is 20.1. The maximum atomic E-state index is 13.0. The normalized spacial score (nSPS) is 11.0. The highest BCUT2D eigenvalue weighted by Gasteiger charge is 2.26. The first-order chi connectivity index (χ1) is 12.8. The Morgan fingerprint density at radius 1 is 1.30 bits per heavy atom. The Labute approximate surface area is 157 Å². The number of anilines is 2. The molecule has 2 aromatic heterocycles. The average molecular weight is 374 g/mol. The number of nitrogen functional groups attached to an aromatic ring is 1. The number of nitrogens with zero attached hydrogens (tertiary/aromatic N) is 4. The van der Waals surface area contributed by atoms with Crippen LogP contribution in [0.3, 0.4) is 0 Å². The monoisotopic (exact) mass is 374 g/mol. The van der Waals surface area contributed by atoms with Crippen LogP contribution in [0.25, 0.3) is 0 Å². The van der Waals surface area contributed by atoms with Gasteiger partial charge >= 0.3 is 5.69 Å². The Morgan fingerprint density at radius 2 is 2.00 bits per heavy atom. The fraction of sp³-hybridized carbons (Fsp3) is 0.500. The first kappa shape index (κ1) is 20.3. The SMILES string of the molecule is CCCCN(C(=O)c1cnc(C)cn1)c1c(N)n(CC(C)C)c(=O)[nH]c1=O. The molecule has 0 spiro atoms. The number of aromatic amines is 1. The van der Waals surface area contributed by atoms with Crippen LogP contribution in [0.4, 0.5) is 11.5 Å². The van der Waals surface area contributed by atoms with Crippen molar-refractivity contribution in [3.63, 3.8) is 0 Å². The summed E-state index contributed by atoms with van der Waals surface area (Å²) in [6.45, 7) is 8.20. The van der Waals surface area contributed by atoms with Crippen LogP contribution in [0.15, 0.2) is 22.0 Å². The summed E-state index contributed by atoms with van der Waals surface area (Å²) in [6, 6.07) is 0. The Morgan fingerprint density at radius 3 is 2.56 bits per heavy atom. The molecule has 2 heterocycles. The van der Waals surface area contributed by atoms with Gasteiger partial charge in [0.1, 0.15) is 11.5 Å². The highest BCUT2D eigenvalue weighted by molar-refractivity contribution is 6.05. The van der Waals surface area contributed by atoms with Crippen molar-refractivity contribution in [3.8, 4) is 0 Å². The van der Waals surface area contributed by atoms with Crippen molar-refractivity contribution < 1.29 is 4.79 Å². The van der Waals surface area contributed by atoms with E-state index in [4.69, 9.17) is 5.73 Å². The molecule has 0 bridgehead atoms. The van der Waals surface area contributed by atoms with Crippen LogP contribution in [0.5, 0.6) is 0 Å². The predicted molar refractivity (Wildman–Crippen MR) is 104 cm³/mol. The second-order valence-electron chi connectivity index (χ2n) is 6.85. The van der Waals surface area contributed by atoms with E-state index < -0.39 is 17.2 Å². The Bertz CT molecular complexity index is 914. The van der Waals surface area contributed by atoms with Crippen LogP contribution in [-0.4, -0.2) is 32.0 Å². The molecule has 0 atom stereocenters. The van der Waals surface area contributed by atoms with Crippen molar-refractivity contribution in [1.82, 2.24) is 19.5 Å². The summed E-state index contributed by atoms with van der Waals surface area (Å²) in [7, 11) is 0. The molecule has 0 saturated carbocycles. The Kier molecular flexibility index (Phi) is 6.49. The molecule has 9 nitrogen and oxygen atoms in total. The maximum Gasteiger partial charge on any atom is 0.330 e. The smallest absolute Gasteiger partial charge is 0.330 e. The standard InChI is InChI=1S/C18H26N6O3/c1-5-6-7-23(17(26)13-9-20-12(4)8-21-13)14-15(19)24(10-11(2)3)18(27)22-16(14)25/h8-9,11H,5-7,10,19H2,1-4H3,(H,22,25,27). The number of rotatable bonds is 7. The van der Waals surface area contributed by atoms with E-state index in [2.05, 4.69) is 15.0 Å². The van der Waals surface area contributed by atoms with Gasteiger partial charge in [0.25, 0.3) is 11.5 Å². The van der Waals surface area contributed by atoms with Crippen molar-refractivity contribution in [3.05, 3.63) is 44.6 Å². The van der Waals surface area contributed by atoms with Gasteiger partial charge in [-0.25, -0.2) is 9.78 Å². The van der Waals surface area contributed by atoms with Crippen molar-refractivity contribution in [2.24, 2.45) is 5.92 Å². The fourth-order valence-corrected chi connectivity index (χ4v) is 2.66. The zero-order valence-corrected chi connectivity index (χ0v) is 16.2. The maximum absolute atomic E-state index is 13.0. The number of nitrogens with one attached hydrogen (secondary N) is 1. The molecule has 2 aromatic rings. The summed E-state index contributed by atoms with van der Waals surface area (Å²) in [6.07, 6.45) is 4.32. The highest BCUT2D eigenvalue weighted by atomic mass is 16.2. The van der Waals surface area contributed by atoms with E-state index in [0.29, 0.717) is 18.7 Å². The van der Waals surface area contributed by atoms with Gasteiger partial charge in [-0.2, -0.15) is 0 Å². The minimum absolute atomic E-state index is 0.0260.